The zero-order valence-corrected chi connectivity index (χ0v) is 15.0. The Balaban J connectivity index is 2.30. The summed E-state index contributed by atoms with van der Waals surface area (Å²) in [5, 5.41) is 2.08. The summed E-state index contributed by atoms with van der Waals surface area (Å²) in [4.78, 5) is 0.858. The van der Waals surface area contributed by atoms with Crippen LogP contribution in [0.25, 0.3) is 0 Å². The van der Waals surface area contributed by atoms with Gasteiger partial charge in [-0.15, -0.1) is 11.3 Å². The van der Waals surface area contributed by atoms with Gasteiger partial charge >= 0.3 is 0 Å². The Morgan fingerprint density at radius 1 is 1.30 bits per heavy atom. The second-order valence-corrected chi connectivity index (χ2v) is 8.48. The maximum absolute atomic E-state index is 12.3. The Morgan fingerprint density at radius 2 is 1.90 bits per heavy atom. The van der Waals surface area contributed by atoms with Crippen molar-refractivity contribution in [2.24, 2.45) is 0 Å². The molecule has 8 heteroatoms. The molecule has 0 saturated heterocycles. The van der Waals surface area contributed by atoms with E-state index in [-0.39, 0.29) is 21.5 Å². The van der Waals surface area contributed by atoms with Crippen LogP contribution >= 0.6 is 50.5 Å². The molecule has 2 rings (SSSR count). The minimum absolute atomic E-state index is 0.0831. The van der Waals surface area contributed by atoms with Crippen LogP contribution in [0.5, 0.6) is 0 Å². The number of sulfonamides is 1. The molecule has 0 unspecified atom stereocenters. The van der Waals surface area contributed by atoms with Gasteiger partial charge in [0.2, 0.25) is 10.0 Å². The molecule has 1 N–H and O–H groups in total. The highest BCUT2D eigenvalue weighted by molar-refractivity contribution is 9.10. The molecule has 20 heavy (non-hydrogen) atoms. The highest BCUT2D eigenvalue weighted by atomic mass is 79.9. The third kappa shape index (κ3) is 3.55. The number of aryl methyl sites for hydroxylation is 1. The molecule has 0 aliphatic heterocycles. The molecule has 0 atom stereocenters. The summed E-state index contributed by atoms with van der Waals surface area (Å²) in [5.41, 5.74) is 1.05. The Hall–Kier alpha value is -0.110. The largest absolute Gasteiger partial charge is 0.243 e. The normalized spacial score (nSPS) is 11.8. The van der Waals surface area contributed by atoms with Gasteiger partial charge in [0.05, 0.1) is 10.0 Å². The van der Waals surface area contributed by atoms with Gasteiger partial charge in [0.25, 0.3) is 0 Å². The average molecular weight is 415 g/mol. The Kier molecular flexibility index (Phi) is 5.15. The highest BCUT2D eigenvalue weighted by Gasteiger charge is 2.22. The quantitative estimate of drug-likeness (QED) is 0.794. The maximum atomic E-state index is 12.3. The van der Waals surface area contributed by atoms with Crippen molar-refractivity contribution in [2.75, 3.05) is 0 Å². The van der Waals surface area contributed by atoms with Crippen LogP contribution in [-0.4, -0.2) is 8.42 Å². The number of thiophene rings is 1. The fourth-order valence-electron chi connectivity index (χ4n) is 1.60. The van der Waals surface area contributed by atoms with E-state index in [1.807, 2.05) is 18.4 Å². The molecule has 1 heterocycles. The van der Waals surface area contributed by atoms with Crippen LogP contribution in [0.15, 0.2) is 32.9 Å². The smallest absolute Gasteiger partial charge is 0.207 e. The third-order valence-corrected chi connectivity index (χ3v) is 6.43. The second-order valence-electron chi connectivity index (χ2n) is 4.05. The summed E-state index contributed by atoms with van der Waals surface area (Å²) < 4.78 is 27.7. The molecule has 0 bridgehead atoms. The standard InChI is InChI=1S/C12H10BrCl2NO2S2/c1-7-2-3-19-11(7)6-16-20(17,18)12-9(14)4-8(13)5-10(12)15/h2-5,16H,6H2,1H3. The molecule has 2 aromatic rings. The van der Waals surface area contributed by atoms with Crippen molar-refractivity contribution in [3.05, 3.63) is 48.5 Å². The summed E-state index contributed by atoms with van der Waals surface area (Å²) in [6, 6.07) is 4.94. The molecule has 108 valence electrons. The van der Waals surface area contributed by atoms with Gasteiger partial charge < -0.3 is 0 Å². The lowest BCUT2D eigenvalue weighted by atomic mass is 10.3. The first kappa shape index (κ1) is 16.3. The van der Waals surface area contributed by atoms with Gasteiger partial charge in [0.15, 0.2) is 0 Å². The van der Waals surface area contributed by atoms with Crippen LogP contribution in [0.4, 0.5) is 0 Å². The van der Waals surface area contributed by atoms with Gasteiger partial charge in [-0.3, -0.25) is 0 Å². The average Bonchev–Trinajstić information content (AvgIpc) is 2.70. The lowest BCUT2D eigenvalue weighted by molar-refractivity contribution is 0.582. The topological polar surface area (TPSA) is 46.2 Å². The van der Waals surface area contributed by atoms with Crippen LogP contribution < -0.4 is 4.72 Å². The number of rotatable bonds is 4. The maximum Gasteiger partial charge on any atom is 0.243 e. The van der Waals surface area contributed by atoms with E-state index in [1.165, 1.54) is 23.5 Å². The van der Waals surface area contributed by atoms with Crippen molar-refractivity contribution in [1.29, 1.82) is 0 Å². The number of benzene rings is 1. The molecule has 0 aliphatic carbocycles. The molecule has 0 amide bonds. The van der Waals surface area contributed by atoms with Gasteiger partial charge in [0, 0.05) is 15.9 Å². The molecule has 3 nitrogen and oxygen atoms in total. The summed E-state index contributed by atoms with van der Waals surface area (Å²) in [7, 11) is -3.76. The zero-order valence-electron chi connectivity index (χ0n) is 10.3. The second kappa shape index (κ2) is 6.34. The van der Waals surface area contributed by atoms with E-state index < -0.39 is 10.0 Å². The zero-order chi connectivity index (χ0) is 14.9. The van der Waals surface area contributed by atoms with Crippen LogP contribution in [0.2, 0.25) is 10.0 Å². The highest BCUT2D eigenvalue weighted by Crippen LogP contribution is 2.32. The Bertz CT molecular complexity index is 721. The molecule has 0 spiro atoms. The number of hydrogen-bond donors (Lipinski definition) is 1. The molecular weight excluding hydrogens is 405 g/mol. The minimum Gasteiger partial charge on any atom is -0.207 e. The van der Waals surface area contributed by atoms with E-state index in [9.17, 15) is 8.42 Å². The fraction of sp³-hybridized carbons (Fsp3) is 0.167. The molecular formula is C12H10BrCl2NO2S2. The van der Waals surface area contributed by atoms with E-state index in [1.54, 1.807) is 0 Å². The first-order valence-electron chi connectivity index (χ1n) is 5.48. The van der Waals surface area contributed by atoms with E-state index in [4.69, 9.17) is 23.2 Å². The molecule has 0 saturated carbocycles. The fourth-order valence-corrected chi connectivity index (χ4v) is 5.47. The summed E-state index contributed by atoms with van der Waals surface area (Å²) in [5.74, 6) is 0. The van der Waals surface area contributed by atoms with Crippen molar-refractivity contribution < 1.29 is 8.42 Å². The van der Waals surface area contributed by atoms with Crippen LogP contribution in [0.3, 0.4) is 0 Å². The SMILES string of the molecule is Cc1ccsc1CNS(=O)(=O)c1c(Cl)cc(Br)cc1Cl. The Morgan fingerprint density at radius 3 is 2.40 bits per heavy atom. The molecule has 1 aromatic carbocycles. The van der Waals surface area contributed by atoms with E-state index in [2.05, 4.69) is 20.7 Å². The Labute approximate surface area is 140 Å². The van der Waals surface area contributed by atoms with Crippen LogP contribution in [0.1, 0.15) is 10.4 Å². The van der Waals surface area contributed by atoms with E-state index in [0.717, 1.165) is 10.4 Å². The van der Waals surface area contributed by atoms with E-state index in [0.29, 0.717) is 4.47 Å². The molecule has 0 radical (unpaired) electrons. The predicted molar refractivity (Wildman–Crippen MR) is 87.2 cm³/mol. The van der Waals surface area contributed by atoms with Crippen molar-refractivity contribution in [3.63, 3.8) is 0 Å². The predicted octanol–water partition coefficient (Wildman–Crippen LogP) is 4.60. The lowest BCUT2D eigenvalue weighted by Crippen LogP contribution is -2.23. The minimum atomic E-state index is -3.76. The van der Waals surface area contributed by atoms with Crippen molar-refractivity contribution >= 4 is 60.5 Å². The number of halogens is 3. The number of nitrogens with one attached hydrogen (secondary N) is 1. The number of hydrogen-bond acceptors (Lipinski definition) is 3. The van der Waals surface area contributed by atoms with Gasteiger partial charge in [-0.25, -0.2) is 13.1 Å². The van der Waals surface area contributed by atoms with Gasteiger partial charge in [-0.1, -0.05) is 39.1 Å². The van der Waals surface area contributed by atoms with Crippen LogP contribution in [0, 0.1) is 6.92 Å². The first-order chi connectivity index (χ1) is 9.31. The summed E-state index contributed by atoms with van der Waals surface area (Å²) >= 11 is 16.7. The van der Waals surface area contributed by atoms with Crippen LogP contribution in [-0.2, 0) is 16.6 Å². The van der Waals surface area contributed by atoms with Gasteiger partial charge in [0.1, 0.15) is 4.90 Å². The first-order valence-corrected chi connectivity index (χ1v) is 9.39. The summed E-state index contributed by atoms with van der Waals surface area (Å²) in [6.45, 7) is 2.15. The molecule has 0 fully saturated rings. The monoisotopic (exact) mass is 413 g/mol. The van der Waals surface area contributed by atoms with E-state index >= 15 is 0 Å². The van der Waals surface area contributed by atoms with Gasteiger partial charge in [-0.2, -0.15) is 0 Å². The van der Waals surface area contributed by atoms with Crippen molar-refractivity contribution in [3.8, 4) is 0 Å². The lowest BCUT2D eigenvalue weighted by Gasteiger charge is -2.10. The van der Waals surface area contributed by atoms with Crippen molar-refractivity contribution in [1.82, 2.24) is 4.72 Å². The molecule has 1 aromatic heterocycles. The van der Waals surface area contributed by atoms with Crippen molar-refractivity contribution in [2.45, 2.75) is 18.4 Å². The summed E-state index contributed by atoms with van der Waals surface area (Å²) in [6.07, 6.45) is 0. The molecule has 0 aliphatic rings. The third-order valence-electron chi connectivity index (χ3n) is 2.62. The van der Waals surface area contributed by atoms with Gasteiger partial charge in [-0.05, 0) is 36.1 Å².